The van der Waals surface area contributed by atoms with Crippen molar-refractivity contribution >= 4 is 44.3 Å². The van der Waals surface area contributed by atoms with Crippen LogP contribution < -0.4 is 4.90 Å². The molecule has 0 radical (unpaired) electrons. The van der Waals surface area contributed by atoms with Crippen molar-refractivity contribution in [2.45, 2.75) is 13.3 Å². The summed E-state index contributed by atoms with van der Waals surface area (Å²) in [6.45, 7) is 2.08. The molecular formula is C12H15BrN4S. The zero-order chi connectivity index (χ0) is 13.3. The minimum Gasteiger partial charge on any atom is -0.309 e. The molecule has 6 heteroatoms. The van der Waals surface area contributed by atoms with Crippen molar-refractivity contribution in [3.05, 3.63) is 28.5 Å². The molecule has 0 saturated carbocycles. The largest absolute Gasteiger partial charge is 0.309 e. The SMILES string of the molecule is CCc1nc2ccc(Br)cn2c1N(C)C(=N)SC. The number of aromatic nitrogens is 2. The van der Waals surface area contributed by atoms with E-state index in [1.165, 1.54) is 11.8 Å². The zero-order valence-electron chi connectivity index (χ0n) is 10.6. The maximum absolute atomic E-state index is 7.96. The normalized spacial score (nSPS) is 10.9. The summed E-state index contributed by atoms with van der Waals surface area (Å²) in [6.07, 6.45) is 4.74. The Morgan fingerprint density at radius 2 is 2.28 bits per heavy atom. The average Bonchev–Trinajstić information content (AvgIpc) is 2.74. The molecule has 2 rings (SSSR count). The Morgan fingerprint density at radius 3 is 2.89 bits per heavy atom. The first-order valence-corrected chi connectivity index (χ1v) is 7.63. The fraction of sp³-hybridized carbons (Fsp3) is 0.333. The summed E-state index contributed by atoms with van der Waals surface area (Å²) in [7, 11) is 1.91. The lowest BCUT2D eigenvalue weighted by Crippen LogP contribution is -2.24. The third-order valence-electron chi connectivity index (χ3n) is 2.78. The molecule has 0 unspecified atom stereocenters. The Bertz CT molecular complexity index is 593. The summed E-state index contributed by atoms with van der Waals surface area (Å²) >= 11 is 4.89. The highest BCUT2D eigenvalue weighted by molar-refractivity contribution is 9.10. The number of imidazole rings is 1. The highest BCUT2D eigenvalue weighted by atomic mass is 79.9. The van der Waals surface area contributed by atoms with Crippen molar-refractivity contribution in [3.63, 3.8) is 0 Å². The number of anilines is 1. The van der Waals surface area contributed by atoms with E-state index in [1.54, 1.807) is 0 Å². The van der Waals surface area contributed by atoms with Crippen LogP contribution in [0, 0.1) is 5.41 Å². The van der Waals surface area contributed by atoms with Gasteiger partial charge < -0.3 is 4.90 Å². The van der Waals surface area contributed by atoms with E-state index < -0.39 is 0 Å². The molecule has 0 bridgehead atoms. The number of thioether (sulfide) groups is 1. The van der Waals surface area contributed by atoms with Gasteiger partial charge in [0, 0.05) is 17.7 Å². The third kappa shape index (κ3) is 2.27. The molecule has 0 aromatic carbocycles. The summed E-state index contributed by atoms with van der Waals surface area (Å²) in [4.78, 5) is 6.48. The highest BCUT2D eigenvalue weighted by Gasteiger charge is 2.17. The first-order valence-electron chi connectivity index (χ1n) is 5.61. The van der Waals surface area contributed by atoms with Crippen LogP contribution in [-0.4, -0.2) is 27.9 Å². The van der Waals surface area contributed by atoms with E-state index in [0.29, 0.717) is 5.17 Å². The predicted octanol–water partition coefficient (Wildman–Crippen LogP) is 3.39. The Morgan fingerprint density at radius 1 is 1.56 bits per heavy atom. The van der Waals surface area contributed by atoms with Gasteiger partial charge in [-0.3, -0.25) is 9.81 Å². The second kappa shape index (κ2) is 5.32. The van der Waals surface area contributed by atoms with Crippen molar-refractivity contribution in [2.24, 2.45) is 0 Å². The van der Waals surface area contributed by atoms with Gasteiger partial charge in [-0.1, -0.05) is 18.7 Å². The van der Waals surface area contributed by atoms with Crippen LogP contribution >= 0.6 is 27.7 Å². The number of pyridine rings is 1. The van der Waals surface area contributed by atoms with Gasteiger partial charge in [0.1, 0.15) is 11.5 Å². The quantitative estimate of drug-likeness (QED) is 0.679. The van der Waals surface area contributed by atoms with Gasteiger partial charge in [-0.15, -0.1) is 0 Å². The molecule has 0 fully saturated rings. The van der Waals surface area contributed by atoms with E-state index >= 15 is 0 Å². The van der Waals surface area contributed by atoms with E-state index in [-0.39, 0.29) is 0 Å². The summed E-state index contributed by atoms with van der Waals surface area (Å²) in [5, 5.41) is 8.46. The highest BCUT2D eigenvalue weighted by Crippen LogP contribution is 2.25. The first kappa shape index (κ1) is 13.4. The van der Waals surface area contributed by atoms with Crippen LogP contribution in [0.15, 0.2) is 22.8 Å². The van der Waals surface area contributed by atoms with Gasteiger partial charge in [0.25, 0.3) is 0 Å². The monoisotopic (exact) mass is 326 g/mol. The van der Waals surface area contributed by atoms with Crippen molar-refractivity contribution in [1.29, 1.82) is 5.41 Å². The zero-order valence-corrected chi connectivity index (χ0v) is 13.0. The van der Waals surface area contributed by atoms with E-state index in [9.17, 15) is 0 Å². The molecule has 0 saturated heterocycles. The average molecular weight is 327 g/mol. The molecule has 0 aliphatic rings. The molecule has 4 nitrogen and oxygen atoms in total. The van der Waals surface area contributed by atoms with Crippen molar-refractivity contribution in [1.82, 2.24) is 9.38 Å². The molecule has 1 N–H and O–H groups in total. The molecule has 0 aliphatic carbocycles. The Kier molecular flexibility index (Phi) is 3.97. The molecule has 2 aromatic rings. The van der Waals surface area contributed by atoms with Gasteiger partial charge in [-0.05, 0) is 40.7 Å². The van der Waals surface area contributed by atoms with Crippen molar-refractivity contribution in [3.8, 4) is 0 Å². The Balaban J connectivity index is 2.65. The summed E-state index contributed by atoms with van der Waals surface area (Å²) in [6, 6.07) is 3.95. The molecule has 0 spiro atoms. The molecule has 2 heterocycles. The Labute approximate surface area is 119 Å². The van der Waals surface area contributed by atoms with E-state index in [4.69, 9.17) is 5.41 Å². The topological polar surface area (TPSA) is 44.4 Å². The lowest BCUT2D eigenvalue weighted by atomic mass is 10.3. The predicted molar refractivity (Wildman–Crippen MR) is 81.9 cm³/mol. The summed E-state index contributed by atoms with van der Waals surface area (Å²) in [5.41, 5.74) is 1.92. The Hall–Kier alpha value is -1.01. The molecule has 0 amide bonds. The lowest BCUT2D eigenvalue weighted by molar-refractivity contribution is 1.03. The van der Waals surface area contributed by atoms with Gasteiger partial charge in [-0.25, -0.2) is 4.98 Å². The van der Waals surface area contributed by atoms with Gasteiger partial charge in [0.05, 0.1) is 5.69 Å². The van der Waals surface area contributed by atoms with Crippen LogP contribution in [-0.2, 0) is 6.42 Å². The van der Waals surface area contributed by atoms with Crippen molar-refractivity contribution in [2.75, 3.05) is 18.2 Å². The fourth-order valence-electron chi connectivity index (χ4n) is 1.88. The number of hydrogen-bond acceptors (Lipinski definition) is 3. The van der Waals surface area contributed by atoms with Gasteiger partial charge in [-0.2, -0.15) is 0 Å². The van der Waals surface area contributed by atoms with E-state index in [2.05, 4.69) is 27.8 Å². The second-order valence-corrected chi connectivity index (χ2v) is 5.59. The first-order chi connectivity index (χ1) is 8.58. The fourth-order valence-corrected chi connectivity index (χ4v) is 2.58. The summed E-state index contributed by atoms with van der Waals surface area (Å²) < 4.78 is 3.02. The minimum absolute atomic E-state index is 0.506. The number of nitrogens with zero attached hydrogens (tertiary/aromatic N) is 3. The van der Waals surface area contributed by atoms with E-state index in [1.807, 2.05) is 40.9 Å². The van der Waals surface area contributed by atoms with Gasteiger partial charge in [0.15, 0.2) is 5.17 Å². The summed E-state index contributed by atoms with van der Waals surface area (Å²) in [5.74, 6) is 0.966. The second-order valence-electron chi connectivity index (χ2n) is 3.88. The van der Waals surface area contributed by atoms with Crippen LogP contribution in [0.3, 0.4) is 0 Å². The van der Waals surface area contributed by atoms with Crippen LogP contribution in [0.25, 0.3) is 5.65 Å². The molecule has 0 aliphatic heterocycles. The minimum atomic E-state index is 0.506. The number of aryl methyl sites for hydroxylation is 1. The standard InChI is InChI=1S/C12H15BrN4S/c1-4-9-11(16(2)12(14)18-3)17-7-8(13)5-6-10(17)15-9/h5-7,14H,4H2,1-3H3. The van der Waals surface area contributed by atoms with Gasteiger partial charge >= 0.3 is 0 Å². The maximum Gasteiger partial charge on any atom is 0.161 e. The lowest BCUT2D eigenvalue weighted by Gasteiger charge is -2.19. The van der Waals surface area contributed by atoms with Gasteiger partial charge in [0.2, 0.25) is 0 Å². The third-order valence-corrected chi connectivity index (χ3v) is 3.91. The number of hydrogen-bond donors (Lipinski definition) is 1. The number of amidine groups is 1. The van der Waals surface area contributed by atoms with Crippen LogP contribution in [0.1, 0.15) is 12.6 Å². The molecule has 18 heavy (non-hydrogen) atoms. The van der Waals surface area contributed by atoms with Crippen molar-refractivity contribution < 1.29 is 0 Å². The number of rotatable bonds is 2. The number of nitrogens with one attached hydrogen (secondary N) is 1. The number of fused-ring (bicyclic) bond motifs is 1. The molecule has 96 valence electrons. The van der Waals surface area contributed by atoms with Crippen LogP contribution in [0.2, 0.25) is 0 Å². The molecular weight excluding hydrogens is 312 g/mol. The molecule has 2 aromatic heterocycles. The van der Waals surface area contributed by atoms with Crippen LogP contribution in [0.5, 0.6) is 0 Å². The maximum atomic E-state index is 7.96. The smallest absolute Gasteiger partial charge is 0.161 e. The molecule has 0 atom stereocenters. The number of halogens is 1. The van der Waals surface area contributed by atoms with E-state index in [0.717, 1.165) is 28.1 Å². The van der Waals surface area contributed by atoms with Crippen LogP contribution in [0.4, 0.5) is 5.82 Å².